The minimum absolute atomic E-state index is 0.181. The minimum atomic E-state index is -3.82. The maximum atomic E-state index is 12.6. The number of benzene rings is 2. The number of carbonyl (C=O) groups is 1. The largest absolute Gasteiger partial charge is 0.497 e. The molecular weight excluding hydrogens is 492 g/mol. The van der Waals surface area contributed by atoms with Crippen molar-refractivity contribution in [3.05, 3.63) is 70.5 Å². The van der Waals surface area contributed by atoms with E-state index in [2.05, 4.69) is 10.5 Å². The van der Waals surface area contributed by atoms with Crippen LogP contribution in [0.25, 0.3) is 5.69 Å². The molecule has 0 atom stereocenters. The van der Waals surface area contributed by atoms with Gasteiger partial charge < -0.3 is 14.0 Å². The van der Waals surface area contributed by atoms with E-state index < -0.39 is 22.5 Å². The van der Waals surface area contributed by atoms with E-state index in [1.807, 2.05) is 48.7 Å². The first-order valence-corrected chi connectivity index (χ1v) is 12.7. The van der Waals surface area contributed by atoms with E-state index in [0.717, 1.165) is 33.2 Å². The number of halogens is 1. The summed E-state index contributed by atoms with van der Waals surface area (Å²) in [7, 11) is -0.945. The van der Waals surface area contributed by atoms with E-state index in [0.29, 0.717) is 10.8 Å². The fourth-order valence-electron chi connectivity index (χ4n) is 3.62. The second-order valence-corrected chi connectivity index (χ2v) is 10.1. The van der Waals surface area contributed by atoms with Crippen LogP contribution in [0.5, 0.6) is 11.5 Å². The van der Waals surface area contributed by atoms with Gasteiger partial charge in [-0.25, -0.2) is 13.8 Å². The van der Waals surface area contributed by atoms with Gasteiger partial charge in [0.15, 0.2) is 0 Å². The van der Waals surface area contributed by atoms with Crippen LogP contribution in [0.4, 0.5) is 5.69 Å². The Morgan fingerprint density at radius 3 is 2.40 bits per heavy atom. The predicted octanol–water partition coefficient (Wildman–Crippen LogP) is 3.68. The van der Waals surface area contributed by atoms with Crippen molar-refractivity contribution in [1.29, 1.82) is 0 Å². The van der Waals surface area contributed by atoms with E-state index in [9.17, 15) is 13.2 Å². The number of nitrogens with zero attached hydrogens (tertiary/aromatic N) is 3. The number of sulfonamides is 1. The highest BCUT2D eigenvalue weighted by Gasteiger charge is 2.24. The number of hydrogen-bond donors (Lipinski definition) is 1. The Hall–Kier alpha value is -3.50. The maximum Gasteiger partial charge on any atom is 0.260 e. The van der Waals surface area contributed by atoms with Crippen molar-refractivity contribution in [2.75, 3.05) is 31.3 Å². The van der Waals surface area contributed by atoms with Gasteiger partial charge >= 0.3 is 0 Å². The molecule has 0 aliphatic rings. The molecule has 186 valence electrons. The Balaban J connectivity index is 1.79. The van der Waals surface area contributed by atoms with Crippen molar-refractivity contribution < 1.29 is 22.7 Å². The number of hydrogen-bond acceptors (Lipinski definition) is 6. The first kappa shape index (κ1) is 26.1. The molecule has 0 aliphatic heterocycles. The lowest BCUT2D eigenvalue weighted by molar-refractivity contribution is -0.119. The molecule has 0 bridgehead atoms. The Morgan fingerprint density at radius 1 is 1.11 bits per heavy atom. The van der Waals surface area contributed by atoms with Crippen LogP contribution in [0, 0.1) is 13.8 Å². The van der Waals surface area contributed by atoms with Crippen LogP contribution in [0.2, 0.25) is 5.02 Å². The minimum Gasteiger partial charge on any atom is -0.497 e. The molecule has 1 N–H and O–H groups in total. The molecule has 35 heavy (non-hydrogen) atoms. The standard InChI is InChI=1S/C24H27ClN4O5S/c1-16-12-18(17(2)29(16)20-8-6-19(25)7-9-20)14-26-27-24(30)15-28(35(5,31)32)22-13-21(33-3)10-11-23(22)34-4/h6-14H,15H2,1-5H3,(H,27,30)/b26-14+. The molecule has 2 aromatic carbocycles. The van der Waals surface area contributed by atoms with Crippen molar-refractivity contribution in [3.63, 3.8) is 0 Å². The molecule has 0 saturated carbocycles. The SMILES string of the molecule is COc1ccc(OC)c(N(CC(=O)N/N=C/c2cc(C)n(-c3ccc(Cl)cc3)c2C)S(C)(=O)=O)c1. The van der Waals surface area contributed by atoms with Gasteiger partial charge in [-0.1, -0.05) is 11.6 Å². The third kappa shape index (κ3) is 6.14. The molecular formula is C24H27ClN4O5S. The Kier molecular flexibility index (Phi) is 8.08. The van der Waals surface area contributed by atoms with Gasteiger partial charge in [0, 0.05) is 33.7 Å². The lowest BCUT2D eigenvalue weighted by atomic mass is 10.2. The second-order valence-electron chi connectivity index (χ2n) is 7.74. The average Bonchev–Trinajstić information content (AvgIpc) is 3.09. The average molecular weight is 519 g/mol. The summed E-state index contributed by atoms with van der Waals surface area (Å²) >= 11 is 5.99. The van der Waals surface area contributed by atoms with Crippen molar-refractivity contribution in [1.82, 2.24) is 9.99 Å². The highest BCUT2D eigenvalue weighted by Crippen LogP contribution is 2.33. The zero-order valence-electron chi connectivity index (χ0n) is 20.1. The van der Waals surface area contributed by atoms with E-state index in [4.69, 9.17) is 21.1 Å². The van der Waals surface area contributed by atoms with E-state index in [-0.39, 0.29) is 11.4 Å². The van der Waals surface area contributed by atoms with Gasteiger partial charge in [0.2, 0.25) is 10.0 Å². The zero-order chi connectivity index (χ0) is 25.8. The summed E-state index contributed by atoms with van der Waals surface area (Å²) in [6, 6.07) is 14.1. The summed E-state index contributed by atoms with van der Waals surface area (Å²) in [5, 5.41) is 4.68. The van der Waals surface area contributed by atoms with Gasteiger partial charge in [-0.2, -0.15) is 5.10 Å². The highest BCUT2D eigenvalue weighted by molar-refractivity contribution is 7.92. The van der Waals surface area contributed by atoms with E-state index >= 15 is 0 Å². The van der Waals surface area contributed by atoms with Crippen LogP contribution in [0.15, 0.2) is 53.6 Å². The molecule has 0 saturated heterocycles. The number of nitrogens with one attached hydrogen (secondary N) is 1. The van der Waals surface area contributed by atoms with Gasteiger partial charge in [0.25, 0.3) is 5.91 Å². The van der Waals surface area contributed by atoms with Gasteiger partial charge in [-0.3, -0.25) is 9.10 Å². The quantitative estimate of drug-likeness (QED) is 0.344. The molecule has 1 amide bonds. The number of aryl methyl sites for hydroxylation is 1. The highest BCUT2D eigenvalue weighted by atomic mass is 35.5. The fourth-order valence-corrected chi connectivity index (χ4v) is 4.60. The summed E-state index contributed by atoms with van der Waals surface area (Å²) in [5.41, 5.74) is 6.22. The zero-order valence-corrected chi connectivity index (χ0v) is 21.6. The number of aromatic nitrogens is 1. The summed E-state index contributed by atoms with van der Waals surface area (Å²) in [6.45, 7) is 3.40. The molecule has 9 nitrogen and oxygen atoms in total. The molecule has 3 aromatic rings. The van der Waals surface area contributed by atoms with Crippen LogP contribution in [0.1, 0.15) is 17.0 Å². The molecule has 1 aromatic heterocycles. The lowest BCUT2D eigenvalue weighted by Crippen LogP contribution is -2.39. The first-order valence-electron chi connectivity index (χ1n) is 10.5. The number of carbonyl (C=O) groups excluding carboxylic acids is 1. The van der Waals surface area contributed by atoms with E-state index in [1.165, 1.54) is 26.5 Å². The number of amides is 1. The normalized spacial score (nSPS) is 11.5. The predicted molar refractivity (Wildman–Crippen MR) is 138 cm³/mol. The summed E-state index contributed by atoms with van der Waals surface area (Å²) in [6.07, 6.45) is 2.53. The molecule has 11 heteroatoms. The van der Waals surface area contributed by atoms with Crippen molar-refractivity contribution >= 4 is 39.4 Å². The van der Waals surface area contributed by atoms with Crippen molar-refractivity contribution in [2.24, 2.45) is 5.10 Å². The third-order valence-electron chi connectivity index (χ3n) is 5.29. The third-order valence-corrected chi connectivity index (χ3v) is 6.67. The fraction of sp³-hybridized carbons (Fsp3) is 0.250. The van der Waals surface area contributed by atoms with Crippen molar-refractivity contribution in [2.45, 2.75) is 13.8 Å². The lowest BCUT2D eigenvalue weighted by Gasteiger charge is -2.23. The van der Waals surface area contributed by atoms with Gasteiger partial charge in [0.1, 0.15) is 18.0 Å². The molecule has 3 rings (SSSR count). The molecule has 0 unspecified atom stereocenters. The summed E-state index contributed by atoms with van der Waals surface area (Å²) in [4.78, 5) is 12.6. The van der Waals surface area contributed by atoms with Crippen molar-refractivity contribution in [3.8, 4) is 17.2 Å². The number of anilines is 1. The number of rotatable bonds is 9. The van der Waals surface area contributed by atoms with Gasteiger partial charge in [-0.05, 0) is 56.3 Å². The molecule has 0 aliphatic carbocycles. The number of methoxy groups -OCH3 is 2. The molecule has 1 heterocycles. The number of hydrazone groups is 1. The Morgan fingerprint density at radius 2 is 1.80 bits per heavy atom. The van der Waals surface area contributed by atoms with Crippen LogP contribution in [0.3, 0.4) is 0 Å². The van der Waals surface area contributed by atoms with E-state index in [1.54, 1.807) is 12.1 Å². The van der Waals surface area contributed by atoms with Crippen LogP contribution < -0.4 is 19.2 Å². The smallest absolute Gasteiger partial charge is 0.260 e. The van der Waals surface area contributed by atoms with Crippen LogP contribution in [-0.4, -0.2) is 52.1 Å². The second kappa shape index (κ2) is 10.8. The first-order chi connectivity index (χ1) is 16.5. The summed E-state index contributed by atoms with van der Waals surface area (Å²) < 4.78 is 38.4. The topological polar surface area (TPSA) is 102 Å². The number of ether oxygens (including phenoxy) is 2. The summed E-state index contributed by atoms with van der Waals surface area (Å²) in [5.74, 6) is 0.0779. The monoisotopic (exact) mass is 518 g/mol. The Labute approximate surface area is 210 Å². The van der Waals surface area contributed by atoms with Gasteiger partial charge in [0.05, 0.1) is 32.4 Å². The molecule has 0 spiro atoms. The van der Waals surface area contributed by atoms with Crippen LogP contribution in [-0.2, 0) is 14.8 Å². The van der Waals surface area contributed by atoms with Crippen LogP contribution >= 0.6 is 11.6 Å². The van der Waals surface area contributed by atoms with Gasteiger partial charge in [-0.15, -0.1) is 0 Å². The maximum absolute atomic E-state index is 12.6. The molecule has 0 fully saturated rings. The molecule has 0 radical (unpaired) electrons. The Bertz CT molecular complexity index is 1350.